The number of allylic oxidation sites excluding steroid dienone is 5. The van der Waals surface area contributed by atoms with Gasteiger partial charge in [0.25, 0.3) is 0 Å². The van der Waals surface area contributed by atoms with E-state index >= 15 is 0 Å². The average molecular weight is 941 g/mol. The zero-order chi connectivity index (χ0) is 48.4. The molecule has 2 aromatic carbocycles. The van der Waals surface area contributed by atoms with Gasteiger partial charge < -0.3 is 28.4 Å². The van der Waals surface area contributed by atoms with Gasteiger partial charge in [-0.25, -0.2) is 0 Å². The third kappa shape index (κ3) is 20.6. The van der Waals surface area contributed by atoms with Gasteiger partial charge >= 0.3 is 17.9 Å². The summed E-state index contributed by atoms with van der Waals surface area (Å²) in [5.41, 5.74) is 5.82. The molecule has 9 nitrogen and oxygen atoms in total. The molecule has 0 heterocycles. The van der Waals surface area contributed by atoms with E-state index in [2.05, 4.69) is 61.2 Å². The third-order valence-corrected chi connectivity index (χ3v) is 13.7. The van der Waals surface area contributed by atoms with E-state index in [0.29, 0.717) is 39.1 Å². The molecule has 2 aromatic rings. The Morgan fingerprint density at radius 3 is 1.10 bits per heavy atom. The van der Waals surface area contributed by atoms with Gasteiger partial charge in [0.15, 0.2) is 0 Å². The molecule has 2 aliphatic carbocycles. The van der Waals surface area contributed by atoms with Crippen LogP contribution in [0.5, 0.6) is 11.5 Å². The van der Waals surface area contributed by atoms with Crippen LogP contribution in [-0.4, -0.2) is 59.1 Å². The van der Waals surface area contributed by atoms with Crippen LogP contribution in [0.1, 0.15) is 227 Å². The van der Waals surface area contributed by atoms with Crippen molar-refractivity contribution in [1.82, 2.24) is 0 Å². The van der Waals surface area contributed by atoms with Gasteiger partial charge in [0.05, 0.1) is 47.1 Å². The number of carbonyl (C=O) groups excluding carboxylic acids is 3. The fourth-order valence-electron chi connectivity index (χ4n) is 9.77. The minimum atomic E-state index is -0.182. The fourth-order valence-corrected chi connectivity index (χ4v) is 9.77. The number of fused-ring (bicyclic) bond motifs is 3. The topological polar surface area (TPSA) is 107 Å². The van der Waals surface area contributed by atoms with Gasteiger partial charge in [-0.2, -0.15) is 0 Å². The van der Waals surface area contributed by atoms with Gasteiger partial charge in [0.2, 0.25) is 0 Å². The van der Waals surface area contributed by atoms with E-state index in [4.69, 9.17) is 28.4 Å². The van der Waals surface area contributed by atoms with Crippen molar-refractivity contribution >= 4 is 17.9 Å². The highest BCUT2D eigenvalue weighted by Gasteiger charge is 2.40. The van der Waals surface area contributed by atoms with Crippen LogP contribution in [-0.2, 0) is 33.3 Å². The molecule has 0 atom stereocenters. The minimum absolute atomic E-state index is 0.0267. The lowest BCUT2D eigenvalue weighted by molar-refractivity contribution is -0.141. The number of unbranched alkanes of at least 4 members (excludes halogenated alkanes) is 24. The Morgan fingerprint density at radius 2 is 0.750 bits per heavy atom. The predicted octanol–water partition coefficient (Wildman–Crippen LogP) is 15.3. The molecular formula is C59H88O9. The number of hydrogen-bond acceptors (Lipinski definition) is 9. The molecule has 2 bridgehead atoms. The predicted molar refractivity (Wildman–Crippen MR) is 274 cm³/mol. The standard InChI is InChI=1S/C59H88O9/c1-47-35-32-38-52(68-46-31-25-19-13-7-10-16-22-28-43-55(62)65-4)59-57-48(36-33-39-50(57)66-44-29-23-17-11-5-8-14-20-26-41-53(60)63-2)56(47)49-37-34-40-51(58(49)59)67-45-30-24-18-12-6-9-15-21-27-42-54(61)64-3/h32-40,56,59H,1,5-31,41-46H2,2-4H3/b35-32-,52-38+. The number of rotatable bonds is 39. The first-order valence-corrected chi connectivity index (χ1v) is 26.8. The summed E-state index contributed by atoms with van der Waals surface area (Å²) in [5.74, 6) is 2.23. The number of esters is 3. The van der Waals surface area contributed by atoms with Crippen molar-refractivity contribution in [2.75, 3.05) is 41.2 Å². The molecule has 0 fully saturated rings. The lowest BCUT2D eigenvalue weighted by Crippen LogP contribution is -2.23. The van der Waals surface area contributed by atoms with E-state index in [1.54, 1.807) is 0 Å². The number of hydrogen-bond donors (Lipinski definition) is 0. The first kappa shape index (κ1) is 56.1. The van der Waals surface area contributed by atoms with Gasteiger partial charge in [0, 0.05) is 36.3 Å². The highest BCUT2D eigenvalue weighted by molar-refractivity contribution is 5.70. The Labute approximate surface area is 411 Å². The van der Waals surface area contributed by atoms with Crippen LogP contribution in [0.2, 0.25) is 0 Å². The third-order valence-electron chi connectivity index (χ3n) is 13.7. The summed E-state index contributed by atoms with van der Waals surface area (Å²) in [5, 5.41) is 0. The van der Waals surface area contributed by atoms with E-state index in [-0.39, 0.29) is 29.7 Å². The summed E-state index contributed by atoms with van der Waals surface area (Å²) in [6.07, 6.45) is 38.5. The van der Waals surface area contributed by atoms with Crippen molar-refractivity contribution in [3.63, 3.8) is 0 Å². The van der Waals surface area contributed by atoms with Gasteiger partial charge in [0.1, 0.15) is 17.3 Å². The van der Waals surface area contributed by atoms with Gasteiger partial charge in [-0.1, -0.05) is 178 Å². The molecule has 0 aromatic heterocycles. The second-order valence-electron chi connectivity index (χ2n) is 19.0. The van der Waals surface area contributed by atoms with E-state index < -0.39 is 0 Å². The van der Waals surface area contributed by atoms with Crippen molar-refractivity contribution in [3.8, 4) is 11.5 Å². The SMILES string of the molecule is C=C1/C=C\C=C(\OCCCCCCCCCCCC(=O)OC)C2c3c(OCCCCCCCCCCCC(=O)OC)cccc3C1c1cccc(OCCCCCCCCCCCC(=O)OC)c12. The van der Waals surface area contributed by atoms with Gasteiger partial charge in [-0.3, -0.25) is 14.4 Å². The largest absolute Gasteiger partial charge is 0.497 e. The highest BCUT2D eigenvalue weighted by Crippen LogP contribution is 2.55. The zero-order valence-corrected chi connectivity index (χ0v) is 42.6. The summed E-state index contributed by atoms with van der Waals surface area (Å²) >= 11 is 0. The Kier molecular flexibility index (Phi) is 28.6. The molecular weight excluding hydrogens is 853 g/mol. The van der Waals surface area contributed by atoms with Gasteiger partial charge in [-0.05, 0) is 73.4 Å². The van der Waals surface area contributed by atoms with Crippen molar-refractivity contribution in [2.45, 2.75) is 204 Å². The molecule has 378 valence electrons. The molecule has 68 heavy (non-hydrogen) atoms. The quantitative estimate of drug-likeness (QED) is 0.0368. The molecule has 0 saturated heterocycles. The maximum absolute atomic E-state index is 11.4. The Balaban J connectivity index is 1.38. The number of benzene rings is 2. The van der Waals surface area contributed by atoms with Crippen LogP contribution in [0.3, 0.4) is 0 Å². The average Bonchev–Trinajstić information content (AvgIpc) is 3.45. The van der Waals surface area contributed by atoms with Crippen molar-refractivity contribution in [2.24, 2.45) is 0 Å². The number of carbonyl (C=O) groups is 3. The lowest BCUT2D eigenvalue weighted by Gasteiger charge is -2.37. The Bertz CT molecular complexity index is 1740. The monoisotopic (exact) mass is 941 g/mol. The summed E-state index contributed by atoms with van der Waals surface area (Å²) in [7, 11) is 4.37. The van der Waals surface area contributed by atoms with Crippen molar-refractivity contribution in [3.05, 3.63) is 94.8 Å². The molecule has 2 aliphatic rings. The fraction of sp³-hybridized carbons (Fsp3) is 0.644. The molecule has 0 aliphatic heterocycles. The van der Waals surface area contributed by atoms with E-state index in [0.717, 1.165) is 99.9 Å². The van der Waals surface area contributed by atoms with Crippen LogP contribution >= 0.6 is 0 Å². The normalized spacial score (nSPS) is 16.0. The first-order chi connectivity index (χ1) is 33.4. The Morgan fingerprint density at radius 1 is 0.426 bits per heavy atom. The maximum atomic E-state index is 11.4. The van der Waals surface area contributed by atoms with Crippen LogP contribution in [0.25, 0.3) is 0 Å². The van der Waals surface area contributed by atoms with Gasteiger partial charge in [-0.15, -0.1) is 0 Å². The highest BCUT2D eigenvalue weighted by atomic mass is 16.5. The number of methoxy groups -OCH3 is 3. The molecule has 4 rings (SSSR count). The smallest absolute Gasteiger partial charge is 0.305 e. The Hall–Kier alpha value is -4.53. The minimum Gasteiger partial charge on any atom is -0.497 e. The molecule has 0 saturated carbocycles. The van der Waals surface area contributed by atoms with Crippen LogP contribution in [0.4, 0.5) is 0 Å². The first-order valence-electron chi connectivity index (χ1n) is 26.8. The summed E-state index contributed by atoms with van der Waals surface area (Å²) in [4.78, 5) is 34.1. The summed E-state index contributed by atoms with van der Waals surface area (Å²) in [6.45, 7) is 6.62. The van der Waals surface area contributed by atoms with Crippen LogP contribution in [0.15, 0.2) is 72.5 Å². The number of ether oxygens (including phenoxy) is 6. The maximum Gasteiger partial charge on any atom is 0.305 e. The molecule has 0 N–H and O–H groups in total. The zero-order valence-electron chi connectivity index (χ0n) is 42.6. The van der Waals surface area contributed by atoms with Crippen molar-refractivity contribution in [1.29, 1.82) is 0 Å². The van der Waals surface area contributed by atoms with Crippen LogP contribution < -0.4 is 9.47 Å². The van der Waals surface area contributed by atoms with E-state index in [9.17, 15) is 14.4 Å². The van der Waals surface area contributed by atoms with Crippen LogP contribution in [0, 0.1) is 0 Å². The van der Waals surface area contributed by atoms with Crippen molar-refractivity contribution < 1.29 is 42.8 Å². The molecule has 0 radical (unpaired) electrons. The summed E-state index contributed by atoms with van der Waals surface area (Å²) in [6, 6.07) is 13.1. The van der Waals surface area contributed by atoms with E-state index in [1.807, 2.05) is 0 Å². The van der Waals surface area contributed by atoms with E-state index in [1.165, 1.54) is 140 Å². The molecule has 0 unspecified atom stereocenters. The molecule has 0 spiro atoms. The summed E-state index contributed by atoms with van der Waals surface area (Å²) < 4.78 is 34.8. The lowest BCUT2D eigenvalue weighted by atomic mass is 9.69. The molecule has 0 amide bonds. The second kappa shape index (κ2) is 34.7. The molecule has 9 heteroatoms. The second-order valence-corrected chi connectivity index (χ2v) is 19.0.